The number of hydrogen-bond donors (Lipinski definition) is 0. The van der Waals surface area contributed by atoms with Crippen LogP contribution < -0.4 is 0 Å². The van der Waals surface area contributed by atoms with Gasteiger partial charge < -0.3 is 4.42 Å². The summed E-state index contributed by atoms with van der Waals surface area (Å²) in [4.78, 5) is 11.2. The van der Waals surface area contributed by atoms with Gasteiger partial charge in [0.05, 0.1) is 6.26 Å². The van der Waals surface area contributed by atoms with Gasteiger partial charge in [-0.25, -0.2) is 0 Å². The first kappa shape index (κ1) is 10.0. The summed E-state index contributed by atoms with van der Waals surface area (Å²) in [6, 6.07) is 3.82. The summed E-state index contributed by atoms with van der Waals surface area (Å²) in [6.07, 6.45) is 4.06. The van der Waals surface area contributed by atoms with E-state index in [1.165, 1.54) is 0 Å². The monoisotopic (exact) mass is 180 g/mol. The summed E-state index contributed by atoms with van der Waals surface area (Å²) in [5, 5.41) is 0. The molecule has 0 aliphatic carbocycles. The Bertz CT molecular complexity index is 249. The Morgan fingerprint density at radius 3 is 2.92 bits per heavy atom. The molecule has 1 atom stereocenters. The summed E-state index contributed by atoms with van der Waals surface area (Å²) < 4.78 is 5.19. The normalized spacial score (nSPS) is 12.8. The van der Waals surface area contributed by atoms with E-state index in [1.54, 1.807) is 6.26 Å². The highest BCUT2D eigenvalue weighted by Crippen LogP contribution is 2.11. The van der Waals surface area contributed by atoms with Gasteiger partial charge in [0.2, 0.25) is 0 Å². The minimum atomic E-state index is 0.162. The van der Waals surface area contributed by atoms with Crippen LogP contribution in [0.5, 0.6) is 0 Å². The van der Waals surface area contributed by atoms with Crippen molar-refractivity contribution in [3.63, 3.8) is 0 Å². The number of aryl methyl sites for hydroxylation is 1. The fraction of sp³-hybridized carbons (Fsp3) is 0.545. The number of carbonyl (C=O) groups is 1. The molecule has 1 unspecified atom stereocenters. The molecule has 1 heterocycles. The maximum atomic E-state index is 11.2. The van der Waals surface area contributed by atoms with Gasteiger partial charge in [-0.05, 0) is 18.6 Å². The first-order valence-corrected chi connectivity index (χ1v) is 4.79. The molecule has 0 aliphatic heterocycles. The molecular formula is C11H16O2. The largest absolute Gasteiger partial charge is 0.469 e. The first-order valence-electron chi connectivity index (χ1n) is 4.79. The highest BCUT2D eigenvalue weighted by atomic mass is 16.3. The predicted octanol–water partition coefficient (Wildman–Crippen LogP) is 2.83. The van der Waals surface area contributed by atoms with Gasteiger partial charge in [-0.2, -0.15) is 0 Å². The van der Waals surface area contributed by atoms with Crippen LogP contribution in [0.2, 0.25) is 0 Å². The molecular weight excluding hydrogens is 164 g/mol. The van der Waals surface area contributed by atoms with Gasteiger partial charge in [-0.3, -0.25) is 4.79 Å². The summed E-state index contributed by atoms with van der Waals surface area (Å²) in [7, 11) is 0. The third-order valence-corrected chi connectivity index (χ3v) is 2.30. The minimum Gasteiger partial charge on any atom is -0.469 e. The van der Waals surface area contributed by atoms with E-state index >= 15 is 0 Å². The second-order valence-electron chi connectivity index (χ2n) is 3.34. The average molecular weight is 180 g/mol. The number of Topliss-reactive ketones (excluding diaryl/α,β-unsaturated/α-hetero) is 1. The molecule has 0 fully saturated rings. The SMILES string of the molecule is CCC(=O)C(C)CCc1ccco1. The Hall–Kier alpha value is -1.05. The van der Waals surface area contributed by atoms with Crippen LogP contribution in [0.4, 0.5) is 0 Å². The fourth-order valence-electron chi connectivity index (χ4n) is 1.32. The van der Waals surface area contributed by atoms with Crippen molar-refractivity contribution >= 4 is 5.78 Å². The number of carbonyl (C=O) groups excluding carboxylic acids is 1. The molecule has 0 aliphatic rings. The predicted molar refractivity (Wildman–Crippen MR) is 51.5 cm³/mol. The van der Waals surface area contributed by atoms with Crippen LogP contribution in [0, 0.1) is 5.92 Å². The van der Waals surface area contributed by atoms with E-state index in [4.69, 9.17) is 4.42 Å². The van der Waals surface area contributed by atoms with Crippen molar-refractivity contribution in [1.82, 2.24) is 0 Å². The molecule has 2 nitrogen and oxygen atoms in total. The average Bonchev–Trinajstić information content (AvgIpc) is 2.65. The molecule has 72 valence electrons. The molecule has 2 heteroatoms. The maximum Gasteiger partial charge on any atom is 0.135 e. The second-order valence-corrected chi connectivity index (χ2v) is 3.34. The third kappa shape index (κ3) is 3.05. The Morgan fingerprint density at radius 2 is 2.38 bits per heavy atom. The van der Waals surface area contributed by atoms with E-state index < -0.39 is 0 Å². The van der Waals surface area contributed by atoms with Crippen LogP contribution in [-0.4, -0.2) is 5.78 Å². The van der Waals surface area contributed by atoms with Crippen molar-refractivity contribution in [2.24, 2.45) is 5.92 Å². The van der Waals surface area contributed by atoms with Crippen molar-refractivity contribution in [2.45, 2.75) is 33.1 Å². The number of furan rings is 1. The van der Waals surface area contributed by atoms with E-state index in [1.807, 2.05) is 26.0 Å². The van der Waals surface area contributed by atoms with Crippen LogP contribution in [0.3, 0.4) is 0 Å². The summed E-state index contributed by atoms with van der Waals surface area (Å²) in [6.45, 7) is 3.89. The van der Waals surface area contributed by atoms with Crippen LogP contribution >= 0.6 is 0 Å². The van der Waals surface area contributed by atoms with Crippen molar-refractivity contribution < 1.29 is 9.21 Å². The summed E-state index contributed by atoms with van der Waals surface area (Å²) in [5.41, 5.74) is 0. The highest BCUT2D eigenvalue weighted by molar-refractivity contribution is 5.80. The Balaban J connectivity index is 2.30. The molecule has 1 aromatic heterocycles. The molecule has 0 aromatic carbocycles. The van der Waals surface area contributed by atoms with Crippen molar-refractivity contribution in [3.05, 3.63) is 24.2 Å². The lowest BCUT2D eigenvalue weighted by Crippen LogP contribution is -2.10. The Morgan fingerprint density at radius 1 is 1.62 bits per heavy atom. The zero-order valence-electron chi connectivity index (χ0n) is 8.25. The van der Waals surface area contributed by atoms with E-state index in [0.29, 0.717) is 12.2 Å². The van der Waals surface area contributed by atoms with Crippen LogP contribution in [0.25, 0.3) is 0 Å². The van der Waals surface area contributed by atoms with Gasteiger partial charge in [0.25, 0.3) is 0 Å². The number of ketones is 1. The standard InChI is InChI=1S/C11H16O2/c1-3-11(12)9(2)6-7-10-5-4-8-13-10/h4-5,8-9H,3,6-7H2,1-2H3. The van der Waals surface area contributed by atoms with E-state index in [-0.39, 0.29) is 5.92 Å². The maximum absolute atomic E-state index is 11.2. The summed E-state index contributed by atoms with van der Waals surface area (Å²) in [5.74, 6) is 1.47. The first-order chi connectivity index (χ1) is 6.24. The molecule has 0 spiro atoms. The zero-order valence-corrected chi connectivity index (χ0v) is 8.25. The van der Waals surface area contributed by atoms with Crippen molar-refractivity contribution in [1.29, 1.82) is 0 Å². The van der Waals surface area contributed by atoms with Crippen molar-refractivity contribution in [2.75, 3.05) is 0 Å². The van der Waals surface area contributed by atoms with Crippen LogP contribution in [0.1, 0.15) is 32.4 Å². The minimum absolute atomic E-state index is 0.162. The van der Waals surface area contributed by atoms with E-state index in [0.717, 1.165) is 18.6 Å². The number of rotatable bonds is 5. The lowest BCUT2D eigenvalue weighted by molar-refractivity contribution is -0.122. The fourth-order valence-corrected chi connectivity index (χ4v) is 1.32. The molecule has 0 N–H and O–H groups in total. The third-order valence-electron chi connectivity index (χ3n) is 2.30. The molecule has 0 radical (unpaired) electrons. The number of hydrogen-bond acceptors (Lipinski definition) is 2. The van der Waals surface area contributed by atoms with Crippen LogP contribution in [0.15, 0.2) is 22.8 Å². The highest BCUT2D eigenvalue weighted by Gasteiger charge is 2.10. The molecule has 0 amide bonds. The topological polar surface area (TPSA) is 30.2 Å². The molecule has 13 heavy (non-hydrogen) atoms. The van der Waals surface area contributed by atoms with E-state index in [9.17, 15) is 4.79 Å². The van der Waals surface area contributed by atoms with Gasteiger partial charge >= 0.3 is 0 Å². The molecule has 0 bridgehead atoms. The Labute approximate surface area is 78.9 Å². The van der Waals surface area contributed by atoms with Crippen LogP contribution in [-0.2, 0) is 11.2 Å². The molecule has 0 saturated carbocycles. The molecule has 0 saturated heterocycles. The van der Waals surface area contributed by atoms with Gasteiger partial charge in [-0.1, -0.05) is 13.8 Å². The van der Waals surface area contributed by atoms with E-state index in [2.05, 4.69) is 0 Å². The summed E-state index contributed by atoms with van der Waals surface area (Å²) >= 11 is 0. The molecule has 1 rings (SSSR count). The second kappa shape index (κ2) is 4.85. The Kier molecular flexibility index (Phi) is 3.74. The van der Waals surface area contributed by atoms with Gasteiger partial charge in [0, 0.05) is 18.8 Å². The van der Waals surface area contributed by atoms with Gasteiger partial charge in [0.15, 0.2) is 0 Å². The van der Waals surface area contributed by atoms with Gasteiger partial charge in [-0.15, -0.1) is 0 Å². The lowest BCUT2D eigenvalue weighted by Gasteiger charge is -2.06. The zero-order chi connectivity index (χ0) is 9.68. The van der Waals surface area contributed by atoms with Gasteiger partial charge in [0.1, 0.15) is 11.5 Å². The lowest BCUT2D eigenvalue weighted by atomic mass is 9.98. The quantitative estimate of drug-likeness (QED) is 0.697. The molecule has 1 aromatic rings. The van der Waals surface area contributed by atoms with Crippen molar-refractivity contribution in [3.8, 4) is 0 Å². The smallest absolute Gasteiger partial charge is 0.135 e.